The van der Waals surface area contributed by atoms with E-state index < -0.39 is 15.5 Å². The number of hydrogen-bond acceptors (Lipinski definition) is 6. The van der Waals surface area contributed by atoms with Gasteiger partial charge < -0.3 is 0 Å². The molecule has 3 aromatic rings. The lowest BCUT2D eigenvalue weighted by atomic mass is 10.1. The molecule has 0 unspecified atom stereocenters. The van der Waals surface area contributed by atoms with Gasteiger partial charge in [0.15, 0.2) is 15.6 Å². The molecule has 0 bridgehead atoms. The van der Waals surface area contributed by atoms with E-state index in [2.05, 4.69) is 10.1 Å². The van der Waals surface area contributed by atoms with Crippen LogP contribution in [0.15, 0.2) is 41.5 Å². The summed E-state index contributed by atoms with van der Waals surface area (Å²) in [7, 11) is -3.08. The highest BCUT2D eigenvalue weighted by Crippen LogP contribution is 2.26. The van der Waals surface area contributed by atoms with Gasteiger partial charge in [0.25, 0.3) is 0 Å². The summed E-state index contributed by atoms with van der Waals surface area (Å²) in [5.74, 6) is -0.146. The summed E-state index contributed by atoms with van der Waals surface area (Å²) >= 11 is 5.83. The lowest BCUT2D eigenvalue weighted by Crippen LogP contribution is -2.26. The average Bonchev–Trinajstić information content (AvgIpc) is 3.20. The SMILES string of the molecule is O=C(Cn1c(=O)ncc2c1cnn2[C@H]1CCS(=O)(=O)C1)c1ccc(Cl)cc1. The number of benzene rings is 1. The Morgan fingerprint density at radius 3 is 2.59 bits per heavy atom. The third-order valence-electron chi connectivity index (χ3n) is 4.65. The minimum absolute atomic E-state index is 0.00656. The van der Waals surface area contributed by atoms with Crippen LogP contribution in [0.3, 0.4) is 0 Å². The van der Waals surface area contributed by atoms with Crippen molar-refractivity contribution in [2.75, 3.05) is 11.5 Å². The molecule has 0 spiro atoms. The smallest absolute Gasteiger partial charge is 0.292 e. The minimum atomic E-state index is -3.08. The van der Waals surface area contributed by atoms with Crippen LogP contribution >= 0.6 is 11.6 Å². The first kappa shape index (κ1) is 17.9. The van der Waals surface area contributed by atoms with E-state index in [-0.39, 0.29) is 29.9 Å². The van der Waals surface area contributed by atoms with Crippen LogP contribution in [0.25, 0.3) is 11.0 Å². The number of halogens is 1. The van der Waals surface area contributed by atoms with Crippen LogP contribution in [0.1, 0.15) is 22.8 Å². The highest BCUT2D eigenvalue weighted by molar-refractivity contribution is 7.91. The molecule has 4 rings (SSSR count). The summed E-state index contributed by atoms with van der Waals surface area (Å²) < 4.78 is 26.3. The molecule has 3 heterocycles. The highest BCUT2D eigenvalue weighted by Gasteiger charge is 2.31. The summed E-state index contributed by atoms with van der Waals surface area (Å²) in [4.78, 5) is 28.6. The van der Waals surface area contributed by atoms with Gasteiger partial charge >= 0.3 is 5.69 Å². The lowest BCUT2D eigenvalue weighted by molar-refractivity contribution is 0.0972. The molecule has 27 heavy (non-hydrogen) atoms. The van der Waals surface area contributed by atoms with E-state index in [1.54, 1.807) is 28.9 Å². The predicted octanol–water partition coefficient (Wildman–Crippen LogP) is 1.49. The van der Waals surface area contributed by atoms with E-state index in [0.29, 0.717) is 28.0 Å². The molecule has 0 N–H and O–H groups in total. The molecule has 0 amide bonds. The van der Waals surface area contributed by atoms with Crippen molar-refractivity contribution in [2.24, 2.45) is 0 Å². The zero-order valence-corrected chi connectivity index (χ0v) is 15.7. The number of sulfone groups is 1. The molecular weight excluding hydrogens is 392 g/mol. The quantitative estimate of drug-likeness (QED) is 0.608. The molecule has 140 valence electrons. The predicted molar refractivity (Wildman–Crippen MR) is 99.9 cm³/mol. The lowest BCUT2D eigenvalue weighted by Gasteiger charge is -2.11. The molecule has 8 nitrogen and oxygen atoms in total. The molecule has 0 radical (unpaired) electrons. The summed E-state index contributed by atoms with van der Waals surface area (Å²) in [6.07, 6.45) is 3.30. The van der Waals surface area contributed by atoms with Gasteiger partial charge in [0.2, 0.25) is 0 Å². The van der Waals surface area contributed by atoms with E-state index >= 15 is 0 Å². The minimum Gasteiger partial charge on any atom is -0.292 e. The molecule has 1 aromatic carbocycles. The fourth-order valence-electron chi connectivity index (χ4n) is 3.27. The van der Waals surface area contributed by atoms with Crippen molar-refractivity contribution < 1.29 is 13.2 Å². The number of fused-ring (bicyclic) bond motifs is 1. The van der Waals surface area contributed by atoms with E-state index in [1.807, 2.05) is 0 Å². The van der Waals surface area contributed by atoms with Crippen LogP contribution in [0.2, 0.25) is 5.02 Å². The maximum Gasteiger partial charge on any atom is 0.348 e. The molecule has 2 aromatic heterocycles. The second-order valence-corrected chi connectivity index (χ2v) is 9.14. The van der Waals surface area contributed by atoms with Crippen molar-refractivity contribution in [2.45, 2.75) is 19.0 Å². The number of ketones is 1. The summed E-state index contributed by atoms with van der Waals surface area (Å²) in [6, 6.07) is 6.10. The zero-order chi connectivity index (χ0) is 19.2. The van der Waals surface area contributed by atoms with Gasteiger partial charge in [-0.3, -0.25) is 14.0 Å². The molecule has 1 aliphatic rings. The van der Waals surface area contributed by atoms with Gasteiger partial charge in [-0.05, 0) is 30.7 Å². The zero-order valence-electron chi connectivity index (χ0n) is 14.1. The maximum absolute atomic E-state index is 12.5. The number of aromatic nitrogens is 4. The second-order valence-electron chi connectivity index (χ2n) is 6.47. The standard InChI is InChI=1S/C17H15ClN4O4S/c18-12-3-1-11(2-4-12)16(23)9-21-14-8-20-22(15(14)7-19-17(21)24)13-5-6-27(25,26)10-13/h1-4,7-8,13H,5-6,9-10H2/t13-/m0/s1. The van der Waals surface area contributed by atoms with E-state index in [9.17, 15) is 18.0 Å². The summed E-state index contributed by atoms with van der Waals surface area (Å²) in [5.41, 5.74) is 0.836. The molecule has 0 saturated carbocycles. The summed E-state index contributed by atoms with van der Waals surface area (Å²) in [5, 5.41) is 4.77. The van der Waals surface area contributed by atoms with E-state index in [4.69, 9.17) is 11.6 Å². The number of carbonyl (C=O) groups excluding carboxylic acids is 1. The first-order valence-corrected chi connectivity index (χ1v) is 10.5. The molecular formula is C17H15ClN4O4S. The largest absolute Gasteiger partial charge is 0.348 e. The van der Waals surface area contributed by atoms with Crippen LogP contribution in [0, 0.1) is 0 Å². The van der Waals surface area contributed by atoms with Crippen LogP contribution < -0.4 is 5.69 Å². The van der Waals surface area contributed by atoms with Gasteiger partial charge in [0.1, 0.15) is 5.52 Å². The Bertz CT molecular complexity index is 1200. The fraction of sp³-hybridized carbons (Fsp3) is 0.294. The first-order chi connectivity index (χ1) is 12.8. The third kappa shape index (κ3) is 3.40. The van der Waals surface area contributed by atoms with Gasteiger partial charge in [0.05, 0.1) is 42.0 Å². The molecule has 10 heteroatoms. The monoisotopic (exact) mass is 406 g/mol. The maximum atomic E-state index is 12.5. The molecule has 1 atom stereocenters. The van der Waals surface area contributed by atoms with Crippen molar-refractivity contribution in [3.8, 4) is 0 Å². The van der Waals surface area contributed by atoms with Crippen molar-refractivity contribution in [1.82, 2.24) is 19.3 Å². The fourth-order valence-corrected chi connectivity index (χ4v) is 5.09. The normalized spacial score (nSPS) is 18.8. The molecule has 1 fully saturated rings. The van der Waals surface area contributed by atoms with E-state index in [0.717, 1.165) is 0 Å². The first-order valence-electron chi connectivity index (χ1n) is 8.26. The average molecular weight is 407 g/mol. The van der Waals surface area contributed by atoms with Crippen molar-refractivity contribution in [3.05, 3.63) is 57.7 Å². The second kappa shape index (κ2) is 6.58. The number of carbonyl (C=O) groups is 1. The van der Waals surface area contributed by atoms with Gasteiger partial charge in [0, 0.05) is 10.6 Å². The third-order valence-corrected chi connectivity index (χ3v) is 6.66. The van der Waals surface area contributed by atoms with Crippen LogP contribution in [0.4, 0.5) is 0 Å². The van der Waals surface area contributed by atoms with E-state index in [1.165, 1.54) is 17.0 Å². The van der Waals surface area contributed by atoms with Gasteiger partial charge in [-0.25, -0.2) is 13.2 Å². The number of hydrogen-bond donors (Lipinski definition) is 0. The Morgan fingerprint density at radius 2 is 1.93 bits per heavy atom. The number of rotatable bonds is 4. The topological polar surface area (TPSA) is 104 Å². The molecule has 1 aliphatic heterocycles. The number of nitrogens with zero attached hydrogens (tertiary/aromatic N) is 4. The Morgan fingerprint density at radius 1 is 1.19 bits per heavy atom. The molecule has 1 saturated heterocycles. The Hall–Kier alpha value is -2.52. The van der Waals surface area contributed by atoms with Crippen LogP contribution in [-0.2, 0) is 16.4 Å². The highest BCUT2D eigenvalue weighted by atomic mass is 35.5. The Kier molecular flexibility index (Phi) is 4.35. The van der Waals surface area contributed by atoms with Crippen LogP contribution in [-0.4, -0.2) is 45.0 Å². The van der Waals surface area contributed by atoms with Crippen molar-refractivity contribution in [1.29, 1.82) is 0 Å². The molecule has 0 aliphatic carbocycles. The van der Waals surface area contributed by atoms with Crippen molar-refractivity contribution >= 4 is 38.3 Å². The Labute approximate surface area is 159 Å². The number of Topliss-reactive ketones (excluding diaryl/α,β-unsaturated/α-hetero) is 1. The Balaban J connectivity index is 1.71. The van der Waals surface area contributed by atoms with Gasteiger partial charge in [-0.15, -0.1) is 0 Å². The van der Waals surface area contributed by atoms with Crippen molar-refractivity contribution in [3.63, 3.8) is 0 Å². The summed E-state index contributed by atoms with van der Waals surface area (Å²) in [6.45, 7) is -0.195. The van der Waals surface area contributed by atoms with Gasteiger partial charge in [-0.1, -0.05) is 11.6 Å². The van der Waals surface area contributed by atoms with Gasteiger partial charge in [-0.2, -0.15) is 10.1 Å². The van der Waals surface area contributed by atoms with Crippen LogP contribution in [0.5, 0.6) is 0 Å².